The molecule has 1 aromatic heterocycles. The molecule has 6 heteroatoms. The Labute approximate surface area is 121 Å². The van der Waals surface area contributed by atoms with Gasteiger partial charge >= 0.3 is 0 Å². The van der Waals surface area contributed by atoms with E-state index >= 15 is 0 Å². The van der Waals surface area contributed by atoms with Crippen molar-refractivity contribution in [2.75, 3.05) is 12.9 Å². The quantitative estimate of drug-likeness (QED) is 0.863. The summed E-state index contributed by atoms with van der Waals surface area (Å²) in [4.78, 5) is 15.9. The lowest BCUT2D eigenvalue weighted by Gasteiger charge is -2.07. The van der Waals surface area contributed by atoms with E-state index in [9.17, 15) is 4.79 Å². The Morgan fingerprint density at radius 1 is 1.47 bits per heavy atom. The van der Waals surface area contributed by atoms with Crippen LogP contribution in [0.4, 0.5) is 0 Å². The van der Waals surface area contributed by atoms with Crippen molar-refractivity contribution in [3.63, 3.8) is 0 Å². The Morgan fingerprint density at radius 3 is 2.95 bits per heavy atom. The van der Waals surface area contributed by atoms with E-state index in [2.05, 4.69) is 10.3 Å². The first-order valence-electron chi connectivity index (χ1n) is 6.07. The molecule has 1 heterocycles. The number of nitrogens with zero attached hydrogens (tertiary/aromatic N) is 2. The predicted octanol–water partition coefficient (Wildman–Crippen LogP) is 2.61. The highest BCUT2D eigenvalue weighted by Gasteiger charge is 2.13. The number of hydrogen-bond acceptors (Lipinski definition) is 2. The lowest BCUT2D eigenvalue weighted by molar-refractivity contribution is -0.120. The van der Waals surface area contributed by atoms with Gasteiger partial charge in [-0.05, 0) is 12.1 Å². The van der Waals surface area contributed by atoms with E-state index in [0.29, 0.717) is 30.3 Å². The predicted molar refractivity (Wildman–Crippen MR) is 77.9 cm³/mol. The van der Waals surface area contributed by atoms with Gasteiger partial charge in [0.1, 0.15) is 11.3 Å². The van der Waals surface area contributed by atoms with Crippen LogP contribution in [0, 0.1) is 0 Å². The molecule has 0 bridgehead atoms. The Morgan fingerprint density at radius 2 is 2.26 bits per heavy atom. The van der Waals surface area contributed by atoms with E-state index in [4.69, 9.17) is 23.2 Å². The number of halogens is 2. The minimum atomic E-state index is 0.000650. The molecule has 1 N–H and O–H groups in total. The molecule has 0 spiro atoms. The first-order chi connectivity index (χ1) is 9.17. The Balaban J connectivity index is 2.40. The van der Waals surface area contributed by atoms with Crippen LogP contribution in [0.5, 0.6) is 0 Å². The Hall–Kier alpha value is -1.26. The van der Waals surface area contributed by atoms with Gasteiger partial charge in [-0.1, -0.05) is 17.7 Å². The maximum absolute atomic E-state index is 11.4. The number of rotatable bonds is 5. The number of imidazole rings is 1. The third kappa shape index (κ3) is 3.01. The molecule has 0 unspecified atom stereocenters. The van der Waals surface area contributed by atoms with Gasteiger partial charge < -0.3 is 9.88 Å². The van der Waals surface area contributed by atoms with Crippen LogP contribution in [0.3, 0.4) is 0 Å². The van der Waals surface area contributed by atoms with Crippen LogP contribution in [0.1, 0.15) is 12.2 Å². The zero-order valence-electron chi connectivity index (χ0n) is 10.6. The zero-order valence-corrected chi connectivity index (χ0v) is 12.1. The van der Waals surface area contributed by atoms with Crippen LogP contribution in [0.25, 0.3) is 11.0 Å². The van der Waals surface area contributed by atoms with E-state index < -0.39 is 0 Å². The molecule has 1 amide bonds. The number of amides is 1. The molecule has 19 heavy (non-hydrogen) atoms. The molecule has 0 aliphatic rings. The topological polar surface area (TPSA) is 46.9 Å². The Kier molecular flexibility index (Phi) is 4.66. The molecule has 2 aromatic rings. The molecule has 0 atom stereocenters. The normalized spacial score (nSPS) is 10.9. The summed E-state index contributed by atoms with van der Waals surface area (Å²) >= 11 is 11.9. The number of hydrogen-bond donors (Lipinski definition) is 1. The number of benzene rings is 1. The summed E-state index contributed by atoms with van der Waals surface area (Å²) in [5.41, 5.74) is 1.71. The summed E-state index contributed by atoms with van der Waals surface area (Å²) in [6.07, 6.45) is 1.06. The number of carbonyl (C=O) groups is 1. The molecular weight excluding hydrogens is 285 g/mol. The maximum Gasteiger partial charge on any atom is 0.221 e. The number of aromatic nitrogens is 2. The second-order valence-electron chi connectivity index (χ2n) is 4.15. The van der Waals surface area contributed by atoms with Gasteiger partial charge in [0.2, 0.25) is 5.91 Å². The van der Waals surface area contributed by atoms with Gasteiger partial charge in [-0.3, -0.25) is 4.79 Å². The first kappa shape index (κ1) is 14.2. The second kappa shape index (κ2) is 6.26. The third-order valence-corrected chi connectivity index (χ3v) is 3.46. The van der Waals surface area contributed by atoms with Crippen molar-refractivity contribution >= 4 is 40.1 Å². The second-order valence-corrected chi connectivity index (χ2v) is 4.93. The highest BCUT2D eigenvalue weighted by molar-refractivity contribution is 6.34. The summed E-state index contributed by atoms with van der Waals surface area (Å²) < 4.78 is 2.01. The van der Waals surface area contributed by atoms with Crippen molar-refractivity contribution in [2.45, 2.75) is 19.4 Å². The molecule has 0 radical (unpaired) electrons. The summed E-state index contributed by atoms with van der Waals surface area (Å²) in [6, 6.07) is 5.65. The van der Waals surface area contributed by atoms with Crippen LogP contribution >= 0.6 is 23.2 Å². The highest BCUT2D eigenvalue weighted by Crippen LogP contribution is 2.24. The van der Waals surface area contributed by atoms with Crippen molar-refractivity contribution in [2.24, 2.45) is 0 Å². The number of para-hydroxylation sites is 1. The summed E-state index contributed by atoms with van der Waals surface area (Å²) in [5, 5.41) is 3.23. The molecule has 1 aromatic carbocycles. The SMILES string of the molecule is CNC(=O)CCn1c(CCCl)nc2c(Cl)cccc21. The van der Waals surface area contributed by atoms with Crippen LogP contribution in [-0.4, -0.2) is 28.4 Å². The summed E-state index contributed by atoms with van der Waals surface area (Å²) in [5.74, 6) is 1.35. The molecule has 0 saturated carbocycles. The summed E-state index contributed by atoms with van der Waals surface area (Å²) in [6.45, 7) is 0.572. The maximum atomic E-state index is 11.4. The van der Waals surface area contributed by atoms with E-state index in [1.807, 2.05) is 22.8 Å². The largest absolute Gasteiger partial charge is 0.359 e. The van der Waals surface area contributed by atoms with Crippen molar-refractivity contribution in [1.29, 1.82) is 0 Å². The molecule has 0 saturated heterocycles. The van der Waals surface area contributed by atoms with Gasteiger partial charge in [0.15, 0.2) is 0 Å². The Bertz CT molecular complexity index is 595. The van der Waals surface area contributed by atoms with Crippen LogP contribution < -0.4 is 5.32 Å². The fraction of sp³-hybridized carbons (Fsp3) is 0.385. The van der Waals surface area contributed by atoms with Crippen LogP contribution in [-0.2, 0) is 17.8 Å². The van der Waals surface area contributed by atoms with Gasteiger partial charge in [0, 0.05) is 32.3 Å². The van der Waals surface area contributed by atoms with Gasteiger partial charge in [0.05, 0.1) is 10.5 Å². The fourth-order valence-corrected chi connectivity index (χ4v) is 2.40. The summed E-state index contributed by atoms with van der Waals surface area (Å²) in [7, 11) is 1.63. The van der Waals surface area contributed by atoms with E-state index in [1.165, 1.54) is 0 Å². The smallest absolute Gasteiger partial charge is 0.221 e. The van der Waals surface area contributed by atoms with Crippen LogP contribution in [0.15, 0.2) is 18.2 Å². The first-order valence-corrected chi connectivity index (χ1v) is 6.98. The zero-order chi connectivity index (χ0) is 13.8. The lowest BCUT2D eigenvalue weighted by atomic mass is 10.3. The van der Waals surface area contributed by atoms with E-state index in [1.54, 1.807) is 7.05 Å². The number of fused-ring (bicyclic) bond motifs is 1. The van der Waals surface area contributed by atoms with Gasteiger partial charge in [-0.2, -0.15) is 0 Å². The van der Waals surface area contributed by atoms with E-state index in [-0.39, 0.29) is 5.91 Å². The average molecular weight is 300 g/mol. The standard InChI is InChI=1S/C13H15Cl2N3O/c1-16-12(19)6-8-18-10-4-2-3-9(15)13(10)17-11(18)5-7-14/h2-4H,5-8H2,1H3,(H,16,19). The average Bonchev–Trinajstić information content (AvgIpc) is 2.76. The van der Waals surface area contributed by atoms with Crippen molar-refractivity contribution in [3.8, 4) is 0 Å². The molecule has 2 rings (SSSR count). The highest BCUT2D eigenvalue weighted by atomic mass is 35.5. The molecular formula is C13H15Cl2N3O. The third-order valence-electron chi connectivity index (χ3n) is 2.97. The van der Waals surface area contributed by atoms with Gasteiger partial charge in [-0.15, -0.1) is 11.6 Å². The molecule has 0 fully saturated rings. The van der Waals surface area contributed by atoms with Crippen molar-refractivity contribution < 1.29 is 4.79 Å². The minimum Gasteiger partial charge on any atom is -0.359 e. The molecule has 4 nitrogen and oxygen atoms in total. The monoisotopic (exact) mass is 299 g/mol. The molecule has 0 aliphatic heterocycles. The number of aryl methyl sites for hydroxylation is 2. The number of nitrogens with one attached hydrogen (secondary N) is 1. The van der Waals surface area contributed by atoms with Gasteiger partial charge in [-0.25, -0.2) is 4.98 Å². The van der Waals surface area contributed by atoms with Gasteiger partial charge in [0.25, 0.3) is 0 Å². The fourth-order valence-electron chi connectivity index (χ4n) is 2.02. The van der Waals surface area contributed by atoms with E-state index in [0.717, 1.165) is 16.9 Å². The van der Waals surface area contributed by atoms with Crippen molar-refractivity contribution in [3.05, 3.63) is 29.0 Å². The van der Waals surface area contributed by atoms with Crippen LogP contribution in [0.2, 0.25) is 5.02 Å². The minimum absolute atomic E-state index is 0.000650. The number of alkyl halides is 1. The molecule has 102 valence electrons. The molecule has 0 aliphatic carbocycles. The number of carbonyl (C=O) groups excluding carboxylic acids is 1. The lowest BCUT2D eigenvalue weighted by Crippen LogP contribution is -2.20. The van der Waals surface area contributed by atoms with Crippen molar-refractivity contribution in [1.82, 2.24) is 14.9 Å².